The first-order valence-electron chi connectivity index (χ1n) is 3.34. The summed E-state index contributed by atoms with van der Waals surface area (Å²) < 4.78 is 0. The quantitative estimate of drug-likeness (QED) is 0.214. The summed E-state index contributed by atoms with van der Waals surface area (Å²) in [4.78, 5) is 0. The Morgan fingerprint density at radius 3 is 2.67 bits per heavy atom. The summed E-state index contributed by atoms with van der Waals surface area (Å²) in [7, 11) is 0. The molecule has 0 aromatic rings. The van der Waals surface area contributed by atoms with Crippen LogP contribution in [0, 0.1) is 6.42 Å². The van der Waals surface area contributed by atoms with Gasteiger partial charge >= 0.3 is 29.6 Å². The van der Waals surface area contributed by atoms with Gasteiger partial charge in [0.15, 0.2) is 0 Å². The van der Waals surface area contributed by atoms with E-state index in [1.807, 2.05) is 6.08 Å². The van der Waals surface area contributed by atoms with E-state index in [1.165, 1.54) is 19.3 Å². The van der Waals surface area contributed by atoms with Crippen molar-refractivity contribution >= 4 is 0 Å². The Balaban J connectivity index is 0. The van der Waals surface area contributed by atoms with Gasteiger partial charge in [0.25, 0.3) is 0 Å². The Morgan fingerprint density at radius 2 is 2.22 bits per heavy atom. The molecule has 0 atom stereocenters. The Morgan fingerprint density at radius 1 is 1.56 bits per heavy atom. The first-order chi connectivity index (χ1) is 3.91. The largest absolute Gasteiger partial charge is 1.00 e. The molecule has 0 aliphatic carbocycles. The zero-order valence-corrected chi connectivity index (χ0v) is 8.69. The van der Waals surface area contributed by atoms with Gasteiger partial charge in [-0.1, -0.05) is 19.8 Å². The molecule has 0 radical (unpaired) electrons. The second-order valence-corrected chi connectivity index (χ2v) is 1.96. The van der Waals surface area contributed by atoms with Crippen molar-refractivity contribution in [1.29, 1.82) is 0 Å². The molecular formula is C8H15Na. The van der Waals surface area contributed by atoms with Gasteiger partial charge in [-0.25, -0.2) is 0 Å². The van der Waals surface area contributed by atoms with Crippen LogP contribution in [-0.4, -0.2) is 0 Å². The van der Waals surface area contributed by atoms with E-state index in [1.54, 1.807) is 0 Å². The molecule has 0 heterocycles. The first-order valence-corrected chi connectivity index (χ1v) is 3.34. The van der Waals surface area contributed by atoms with Crippen LogP contribution in [-0.2, 0) is 0 Å². The third-order valence-electron chi connectivity index (χ3n) is 1.10. The monoisotopic (exact) mass is 134 g/mol. The van der Waals surface area contributed by atoms with E-state index in [0.29, 0.717) is 0 Å². The summed E-state index contributed by atoms with van der Waals surface area (Å²) in [5.41, 5.74) is 0. The maximum Gasteiger partial charge on any atom is 1.00 e. The van der Waals surface area contributed by atoms with Gasteiger partial charge in [-0.05, 0) is 0 Å². The van der Waals surface area contributed by atoms with Gasteiger partial charge < -0.3 is 6.42 Å². The molecule has 48 valence electrons. The Kier molecular flexibility index (Phi) is 15.9. The van der Waals surface area contributed by atoms with Gasteiger partial charge in [0.05, 0.1) is 0 Å². The van der Waals surface area contributed by atoms with Crippen molar-refractivity contribution in [1.82, 2.24) is 0 Å². The Bertz CT molecular complexity index is 50.5. The van der Waals surface area contributed by atoms with Crippen molar-refractivity contribution in [2.45, 2.75) is 32.6 Å². The molecule has 0 fully saturated rings. The van der Waals surface area contributed by atoms with Gasteiger partial charge in [-0.2, -0.15) is 12.8 Å². The van der Waals surface area contributed by atoms with Crippen LogP contribution in [0.3, 0.4) is 0 Å². The molecule has 9 heavy (non-hydrogen) atoms. The van der Waals surface area contributed by atoms with E-state index in [4.69, 9.17) is 0 Å². The zero-order chi connectivity index (χ0) is 6.24. The predicted octanol–water partition coefficient (Wildman–Crippen LogP) is -0.0390. The van der Waals surface area contributed by atoms with Crippen LogP contribution >= 0.6 is 0 Å². The molecule has 0 aromatic carbocycles. The maximum absolute atomic E-state index is 3.63. The second-order valence-electron chi connectivity index (χ2n) is 1.96. The van der Waals surface area contributed by atoms with E-state index >= 15 is 0 Å². The summed E-state index contributed by atoms with van der Waals surface area (Å²) in [5.74, 6) is 0. The molecular weight excluding hydrogens is 119 g/mol. The zero-order valence-electron chi connectivity index (χ0n) is 6.69. The van der Waals surface area contributed by atoms with E-state index in [-0.39, 0.29) is 29.6 Å². The summed E-state index contributed by atoms with van der Waals surface area (Å²) in [6.07, 6.45) is 9.16. The molecule has 0 bridgehead atoms. The van der Waals surface area contributed by atoms with Crippen molar-refractivity contribution in [3.63, 3.8) is 0 Å². The number of unbranched alkanes of at least 4 members (excludes halogenated alkanes) is 4. The van der Waals surface area contributed by atoms with Crippen LogP contribution in [0.5, 0.6) is 0 Å². The Hall–Kier alpha value is 0.740. The number of rotatable bonds is 5. The average molecular weight is 134 g/mol. The summed E-state index contributed by atoms with van der Waals surface area (Å²) in [5, 5.41) is 0. The molecule has 1 heteroatoms. The SMILES string of the molecule is C=CC[CH-]CCCC.[Na+]. The molecule has 0 unspecified atom stereocenters. The predicted molar refractivity (Wildman–Crippen MR) is 38.6 cm³/mol. The van der Waals surface area contributed by atoms with Gasteiger partial charge in [-0.15, -0.1) is 12.7 Å². The maximum atomic E-state index is 3.63. The number of hydrogen-bond acceptors (Lipinski definition) is 0. The van der Waals surface area contributed by atoms with Gasteiger partial charge in [-0.3, -0.25) is 0 Å². The van der Waals surface area contributed by atoms with Crippen molar-refractivity contribution < 1.29 is 29.6 Å². The number of hydrogen-bond donors (Lipinski definition) is 0. The fraction of sp³-hybridized carbons (Fsp3) is 0.625. The average Bonchev–Trinajstić information content (AvgIpc) is 1.81. The first kappa shape index (κ1) is 12.4. The minimum absolute atomic E-state index is 0. The normalized spacial score (nSPS) is 8.11. The molecule has 0 nitrogen and oxygen atoms in total. The van der Waals surface area contributed by atoms with Crippen LogP contribution in [0.15, 0.2) is 12.7 Å². The summed E-state index contributed by atoms with van der Waals surface area (Å²) in [6.45, 7) is 5.84. The van der Waals surface area contributed by atoms with Crippen molar-refractivity contribution in [2.75, 3.05) is 0 Å². The smallest absolute Gasteiger partial charge is 0.325 e. The molecule has 0 aromatic heterocycles. The van der Waals surface area contributed by atoms with Crippen molar-refractivity contribution in [2.24, 2.45) is 0 Å². The van der Waals surface area contributed by atoms with E-state index in [0.717, 1.165) is 6.42 Å². The van der Waals surface area contributed by atoms with Gasteiger partial charge in [0.2, 0.25) is 0 Å². The standard InChI is InChI=1S/C8H15.Na/c1-3-5-7-8-6-4-2;/h3,7H,1,4-6,8H2,2H3;/q-1;+1. The fourth-order valence-corrected chi connectivity index (χ4v) is 0.584. The third kappa shape index (κ3) is 12.1. The van der Waals surface area contributed by atoms with E-state index < -0.39 is 0 Å². The molecule has 0 saturated heterocycles. The minimum atomic E-state index is 0. The molecule has 0 aliphatic heterocycles. The molecule has 0 rings (SSSR count). The van der Waals surface area contributed by atoms with E-state index in [2.05, 4.69) is 19.9 Å². The van der Waals surface area contributed by atoms with Crippen LogP contribution in [0.4, 0.5) is 0 Å². The Labute approximate surface area is 81.0 Å². The number of allylic oxidation sites excluding steroid dienone is 1. The second kappa shape index (κ2) is 11.5. The summed E-state index contributed by atoms with van der Waals surface area (Å²) >= 11 is 0. The van der Waals surface area contributed by atoms with Crippen molar-refractivity contribution in [3.8, 4) is 0 Å². The van der Waals surface area contributed by atoms with Gasteiger partial charge in [0.1, 0.15) is 0 Å². The van der Waals surface area contributed by atoms with Crippen LogP contribution in [0.2, 0.25) is 0 Å². The molecule has 0 amide bonds. The molecule has 0 N–H and O–H groups in total. The van der Waals surface area contributed by atoms with Gasteiger partial charge in [0, 0.05) is 0 Å². The minimum Gasteiger partial charge on any atom is -0.325 e. The molecule has 0 aliphatic rings. The third-order valence-corrected chi connectivity index (χ3v) is 1.10. The topological polar surface area (TPSA) is 0 Å². The van der Waals surface area contributed by atoms with E-state index in [9.17, 15) is 0 Å². The van der Waals surface area contributed by atoms with Crippen LogP contribution < -0.4 is 29.6 Å². The molecule has 0 spiro atoms. The summed E-state index contributed by atoms with van der Waals surface area (Å²) in [6, 6.07) is 0. The van der Waals surface area contributed by atoms with Crippen LogP contribution in [0.1, 0.15) is 32.6 Å². The van der Waals surface area contributed by atoms with Crippen LogP contribution in [0.25, 0.3) is 0 Å². The van der Waals surface area contributed by atoms with Crippen molar-refractivity contribution in [3.05, 3.63) is 19.1 Å². The fourth-order valence-electron chi connectivity index (χ4n) is 0.584. The molecule has 0 saturated carbocycles.